The molecule has 0 aromatic carbocycles. The summed E-state index contributed by atoms with van der Waals surface area (Å²) in [7, 11) is 1.30. The molecule has 0 rings (SSSR count). The Morgan fingerprint density at radius 1 is 1.50 bits per heavy atom. The third-order valence-corrected chi connectivity index (χ3v) is 1.08. The maximum atomic E-state index is 10.7. The molecule has 0 aliphatic carbocycles. The molecule has 0 saturated heterocycles. The highest BCUT2D eigenvalue weighted by molar-refractivity contribution is 7.94. The number of likely N-dealkylation sites (N-methyl/N-ethyl adjacent to an activating group) is 1. The van der Waals surface area contributed by atoms with E-state index >= 15 is 0 Å². The van der Waals surface area contributed by atoms with Crippen molar-refractivity contribution in [3.8, 4) is 0 Å². The summed E-state index contributed by atoms with van der Waals surface area (Å²) in [6.45, 7) is -0.402. The van der Waals surface area contributed by atoms with Gasteiger partial charge in [0.15, 0.2) is 0 Å². The van der Waals surface area contributed by atoms with Crippen LogP contribution in [0.3, 0.4) is 0 Å². The summed E-state index contributed by atoms with van der Waals surface area (Å²) in [6.07, 6.45) is -0.870. The van der Waals surface area contributed by atoms with E-state index in [0.717, 1.165) is 5.06 Å². The molecule has 70 valence electrons. The van der Waals surface area contributed by atoms with E-state index in [2.05, 4.69) is 30.5 Å². The molecule has 0 spiro atoms. The van der Waals surface area contributed by atoms with Crippen LogP contribution in [0.5, 0.6) is 0 Å². The van der Waals surface area contributed by atoms with Crippen LogP contribution in [0.1, 0.15) is 0 Å². The molecular formula is C4H8N2O4S2. The third-order valence-electron chi connectivity index (χ3n) is 0.755. The van der Waals surface area contributed by atoms with Gasteiger partial charge in [-0.15, -0.1) is 5.06 Å². The number of rotatable bonds is 3. The largest absolute Gasteiger partial charge is 0.480 e. The predicted molar refractivity (Wildman–Crippen MR) is 46.6 cm³/mol. The molecule has 1 amide bonds. The van der Waals surface area contributed by atoms with Crippen LogP contribution in [0.4, 0.5) is 4.79 Å². The van der Waals surface area contributed by atoms with Crippen molar-refractivity contribution in [2.75, 3.05) is 13.6 Å². The van der Waals surface area contributed by atoms with Crippen molar-refractivity contribution in [3.05, 3.63) is 0 Å². The first-order chi connectivity index (χ1) is 5.43. The molecule has 0 radical (unpaired) electrons. The van der Waals surface area contributed by atoms with Gasteiger partial charge in [0.05, 0.1) is 0 Å². The van der Waals surface area contributed by atoms with Crippen molar-refractivity contribution < 1.29 is 19.5 Å². The second-order valence-electron chi connectivity index (χ2n) is 1.83. The molecule has 0 unspecified atom stereocenters. The number of nitrogens with zero attached hydrogens (tertiary/aromatic N) is 2. The Bertz CT molecular complexity index is 186. The lowest BCUT2D eigenvalue weighted by Crippen LogP contribution is -2.30. The number of carboxylic acids is 1. The van der Waals surface area contributed by atoms with E-state index in [-0.39, 0.29) is 0 Å². The molecule has 1 N–H and O–H groups in total. The van der Waals surface area contributed by atoms with Gasteiger partial charge in [0.2, 0.25) is 0 Å². The molecule has 0 aromatic rings. The van der Waals surface area contributed by atoms with Crippen molar-refractivity contribution in [1.29, 1.82) is 0 Å². The fraction of sp³-hybridized carbons (Fsp3) is 0.500. The van der Waals surface area contributed by atoms with Gasteiger partial charge in [-0.3, -0.25) is 4.79 Å². The summed E-state index contributed by atoms with van der Waals surface area (Å²) < 4.78 is 0.596. The lowest BCUT2D eigenvalue weighted by atomic mass is 10.7. The Balaban J connectivity index is 3.76. The lowest BCUT2D eigenvalue weighted by molar-refractivity contribution is -0.149. The molecule has 0 saturated carbocycles. The van der Waals surface area contributed by atoms with Gasteiger partial charge in [0.25, 0.3) is 0 Å². The number of hydroxylamine groups is 2. The van der Waals surface area contributed by atoms with Crippen LogP contribution in [-0.4, -0.2) is 39.5 Å². The van der Waals surface area contributed by atoms with Gasteiger partial charge in [-0.25, -0.2) is 4.79 Å². The average Bonchev–Trinajstić information content (AvgIpc) is 1.84. The first kappa shape index (κ1) is 11.4. The number of aliphatic carboxylic acids is 1. The minimum atomic E-state index is -1.10. The Morgan fingerprint density at radius 3 is 2.33 bits per heavy atom. The van der Waals surface area contributed by atoms with Gasteiger partial charge in [-0.2, -0.15) is 3.71 Å². The number of carboxylic acid groups (broad SMARTS) is 1. The van der Waals surface area contributed by atoms with Crippen LogP contribution in [0.2, 0.25) is 0 Å². The average molecular weight is 212 g/mol. The van der Waals surface area contributed by atoms with E-state index in [4.69, 9.17) is 5.11 Å². The highest BCUT2D eigenvalue weighted by Gasteiger charge is 2.12. The molecule has 0 aliphatic heterocycles. The van der Waals surface area contributed by atoms with E-state index in [0.29, 0.717) is 3.71 Å². The maximum Gasteiger partial charge on any atom is 0.449 e. The van der Waals surface area contributed by atoms with Crippen LogP contribution in [0.25, 0.3) is 0 Å². The number of thiol groups is 2. The van der Waals surface area contributed by atoms with Gasteiger partial charge in [-0.05, 0) is 25.6 Å². The van der Waals surface area contributed by atoms with E-state index in [1.54, 1.807) is 0 Å². The van der Waals surface area contributed by atoms with E-state index in [9.17, 15) is 9.59 Å². The maximum absolute atomic E-state index is 10.7. The SMILES string of the molecule is CN(CC(=O)O)OC(=O)N(S)S. The number of carbonyl (C=O) groups is 2. The summed E-state index contributed by atoms with van der Waals surface area (Å²) in [5.41, 5.74) is 0. The smallest absolute Gasteiger partial charge is 0.449 e. The van der Waals surface area contributed by atoms with Crippen molar-refractivity contribution >= 4 is 37.7 Å². The highest BCUT2D eigenvalue weighted by atomic mass is 32.2. The van der Waals surface area contributed by atoms with Gasteiger partial charge < -0.3 is 9.94 Å². The first-order valence-electron chi connectivity index (χ1n) is 2.76. The highest BCUT2D eigenvalue weighted by Crippen LogP contribution is 2.01. The zero-order valence-electron chi connectivity index (χ0n) is 6.17. The second kappa shape index (κ2) is 5.12. The Kier molecular flexibility index (Phi) is 4.86. The molecule has 6 nitrogen and oxygen atoms in total. The van der Waals surface area contributed by atoms with Crippen LogP contribution < -0.4 is 0 Å². The predicted octanol–water partition coefficient (Wildman–Crippen LogP) is 0.0460. The Morgan fingerprint density at radius 2 is 2.00 bits per heavy atom. The van der Waals surface area contributed by atoms with E-state index < -0.39 is 18.6 Å². The standard InChI is InChI=1S/C4H8N2O4S2/c1-5(2-3(7)8)10-4(9)6(11)12/h11-12H,2H2,1H3,(H,7,8). The van der Waals surface area contributed by atoms with Crippen molar-refractivity contribution in [2.45, 2.75) is 0 Å². The number of hydrogen-bond donors (Lipinski definition) is 3. The fourth-order valence-electron chi connectivity index (χ4n) is 0.393. The van der Waals surface area contributed by atoms with Gasteiger partial charge >= 0.3 is 12.1 Å². The quantitative estimate of drug-likeness (QED) is 0.455. The number of carbonyl (C=O) groups excluding carboxylic acids is 1. The van der Waals surface area contributed by atoms with Crippen molar-refractivity contribution in [2.24, 2.45) is 0 Å². The fourth-order valence-corrected chi connectivity index (χ4v) is 0.466. The van der Waals surface area contributed by atoms with Crippen LogP contribution in [-0.2, 0) is 9.63 Å². The van der Waals surface area contributed by atoms with E-state index in [1.165, 1.54) is 7.05 Å². The van der Waals surface area contributed by atoms with Crippen molar-refractivity contribution in [1.82, 2.24) is 8.77 Å². The Labute approximate surface area is 80.1 Å². The van der Waals surface area contributed by atoms with Gasteiger partial charge in [0, 0.05) is 7.05 Å². The van der Waals surface area contributed by atoms with Crippen LogP contribution >= 0.6 is 25.6 Å². The zero-order chi connectivity index (χ0) is 9.72. The molecule has 0 fully saturated rings. The van der Waals surface area contributed by atoms with Crippen LogP contribution in [0, 0.1) is 0 Å². The monoisotopic (exact) mass is 212 g/mol. The Hall–Kier alpha value is -0.600. The normalized spacial score (nSPS) is 9.67. The minimum absolute atomic E-state index is 0.402. The molecule has 12 heavy (non-hydrogen) atoms. The summed E-state index contributed by atoms with van der Waals surface area (Å²) in [5.74, 6) is -1.10. The molecule has 0 aliphatic rings. The second-order valence-corrected chi connectivity index (χ2v) is 2.94. The summed E-state index contributed by atoms with van der Waals surface area (Å²) in [5, 5.41) is 9.10. The van der Waals surface area contributed by atoms with Gasteiger partial charge in [0.1, 0.15) is 6.54 Å². The number of amides is 1. The molecule has 8 heteroatoms. The van der Waals surface area contributed by atoms with Crippen molar-refractivity contribution in [3.63, 3.8) is 0 Å². The van der Waals surface area contributed by atoms with E-state index in [1.807, 2.05) is 0 Å². The molecular weight excluding hydrogens is 204 g/mol. The van der Waals surface area contributed by atoms with Gasteiger partial charge in [-0.1, -0.05) is 0 Å². The molecule has 0 bridgehead atoms. The molecule has 0 atom stereocenters. The summed E-state index contributed by atoms with van der Waals surface area (Å²) in [4.78, 5) is 25.1. The van der Waals surface area contributed by atoms with Crippen LogP contribution in [0.15, 0.2) is 0 Å². The lowest BCUT2D eigenvalue weighted by Gasteiger charge is -2.15. The topological polar surface area (TPSA) is 70.1 Å². The molecule has 0 heterocycles. The zero-order valence-corrected chi connectivity index (χ0v) is 7.96. The minimum Gasteiger partial charge on any atom is -0.480 e. The summed E-state index contributed by atoms with van der Waals surface area (Å²) in [6, 6.07) is 0. The molecule has 0 aromatic heterocycles. The third kappa shape index (κ3) is 5.10. The summed E-state index contributed by atoms with van der Waals surface area (Å²) >= 11 is 7.01. The first-order valence-corrected chi connectivity index (χ1v) is 3.56. The number of hydrogen-bond acceptors (Lipinski definition) is 6.